The van der Waals surface area contributed by atoms with E-state index in [4.69, 9.17) is 4.74 Å². The Morgan fingerprint density at radius 2 is 1.82 bits per heavy atom. The second kappa shape index (κ2) is 8.03. The highest BCUT2D eigenvalue weighted by Crippen LogP contribution is 2.12. The van der Waals surface area contributed by atoms with Crippen LogP contribution < -0.4 is 15.5 Å². The van der Waals surface area contributed by atoms with Crippen LogP contribution in [-0.4, -0.2) is 38.4 Å². The van der Waals surface area contributed by atoms with E-state index in [0.717, 1.165) is 6.54 Å². The van der Waals surface area contributed by atoms with E-state index in [0.29, 0.717) is 6.54 Å². The van der Waals surface area contributed by atoms with Gasteiger partial charge in [0, 0.05) is 38.9 Å². The number of rotatable bonds is 6. The zero-order chi connectivity index (χ0) is 16.8. The van der Waals surface area contributed by atoms with Crippen molar-refractivity contribution in [3.63, 3.8) is 0 Å². The molecule has 5 nitrogen and oxygen atoms in total. The lowest BCUT2D eigenvalue weighted by Crippen LogP contribution is -2.40. The number of carbonyl (C=O) groups is 1. The molecule has 1 atom stereocenters. The van der Waals surface area contributed by atoms with Crippen LogP contribution in [-0.2, 0) is 11.3 Å². The molecule has 0 aromatic heterocycles. The quantitative estimate of drug-likeness (QED) is 0.848. The molecule has 0 fully saturated rings. The second-order valence-corrected chi connectivity index (χ2v) is 6.73. The molecule has 0 spiro atoms. The lowest BCUT2D eigenvalue weighted by atomic mass is 10.2. The van der Waals surface area contributed by atoms with Gasteiger partial charge in [0.1, 0.15) is 5.60 Å². The number of carbonyl (C=O) groups excluding carboxylic acids is 1. The van der Waals surface area contributed by atoms with Crippen LogP contribution in [0.15, 0.2) is 24.3 Å². The molecule has 0 aliphatic rings. The number of anilines is 1. The Labute approximate surface area is 134 Å². The molecule has 22 heavy (non-hydrogen) atoms. The van der Waals surface area contributed by atoms with Crippen molar-refractivity contribution < 1.29 is 9.53 Å². The molecule has 0 saturated heterocycles. The maximum Gasteiger partial charge on any atom is 0.407 e. The molecule has 1 aromatic carbocycles. The summed E-state index contributed by atoms with van der Waals surface area (Å²) in [6.45, 7) is 8.89. The maximum absolute atomic E-state index is 11.6. The average Bonchev–Trinajstić information content (AvgIpc) is 2.41. The summed E-state index contributed by atoms with van der Waals surface area (Å²) in [5, 5.41) is 6.15. The summed E-state index contributed by atoms with van der Waals surface area (Å²) in [6, 6.07) is 8.58. The van der Waals surface area contributed by atoms with E-state index in [2.05, 4.69) is 39.8 Å². The summed E-state index contributed by atoms with van der Waals surface area (Å²) < 4.78 is 5.20. The first-order valence-electron chi connectivity index (χ1n) is 7.64. The van der Waals surface area contributed by atoms with Crippen molar-refractivity contribution in [1.29, 1.82) is 0 Å². The fourth-order valence-electron chi connectivity index (χ4n) is 1.83. The van der Waals surface area contributed by atoms with Crippen molar-refractivity contribution in [2.75, 3.05) is 25.5 Å². The van der Waals surface area contributed by atoms with Crippen molar-refractivity contribution in [2.45, 2.75) is 45.9 Å². The molecule has 1 aromatic rings. The predicted molar refractivity (Wildman–Crippen MR) is 91.3 cm³/mol. The highest BCUT2D eigenvalue weighted by Gasteiger charge is 2.16. The fraction of sp³-hybridized carbons (Fsp3) is 0.588. The van der Waals surface area contributed by atoms with E-state index < -0.39 is 5.60 Å². The normalized spacial score (nSPS) is 12.6. The number of benzene rings is 1. The van der Waals surface area contributed by atoms with Gasteiger partial charge in [-0.25, -0.2) is 4.79 Å². The Hall–Kier alpha value is -1.75. The summed E-state index contributed by atoms with van der Waals surface area (Å²) in [6.07, 6.45) is -0.378. The summed E-state index contributed by atoms with van der Waals surface area (Å²) in [5.41, 5.74) is 1.94. The molecular weight excluding hydrogens is 278 g/mol. The van der Waals surface area contributed by atoms with Crippen LogP contribution in [0.4, 0.5) is 10.5 Å². The van der Waals surface area contributed by atoms with Gasteiger partial charge in [0.05, 0.1) is 0 Å². The Morgan fingerprint density at radius 1 is 1.23 bits per heavy atom. The average molecular weight is 307 g/mol. The number of nitrogens with one attached hydrogen (secondary N) is 2. The monoisotopic (exact) mass is 307 g/mol. The van der Waals surface area contributed by atoms with Gasteiger partial charge >= 0.3 is 6.09 Å². The molecule has 0 radical (unpaired) electrons. The topological polar surface area (TPSA) is 53.6 Å². The minimum atomic E-state index is -0.463. The van der Waals surface area contributed by atoms with E-state index in [1.54, 1.807) is 0 Å². The van der Waals surface area contributed by atoms with E-state index in [1.807, 2.05) is 41.8 Å². The van der Waals surface area contributed by atoms with Crippen LogP contribution >= 0.6 is 0 Å². The van der Waals surface area contributed by atoms with Gasteiger partial charge in [0.2, 0.25) is 0 Å². The minimum Gasteiger partial charge on any atom is -0.444 e. The highest BCUT2D eigenvalue weighted by molar-refractivity contribution is 5.67. The van der Waals surface area contributed by atoms with Gasteiger partial charge in [0.25, 0.3) is 0 Å². The van der Waals surface area contributed by atoms with E-state index in [-0.39, 0.29) is 12.1 Å². The molecule has 2 N–H and O–H groups in total. The highest BCUT2D eigenvalue weighted by atomic mass is 16.6. The lowest BCUT2D eigenvalue weighted by molar-refractivity contribution is 0.0523. The number of hydrogen-bond acceptors (Lipinski definition) is 4. The number of amides is 1. The van der Waals surface area contributed by atoms with Crippen molar-refractivity contribution in [2.24, 2.45) is 0 Å². The van der Waals surface area contributed by atoms with Gasteiger partial charge in [-0.3, -0.25) is 0 Å². The van der Waals surface area contributed by atoms with Gasteiger partial charge in [-0.15, -0.1) is 0 Å². The van der Waals surface area contributed by atoms with Gasteiger partial charge in [-0.1, -0.05) is 12.1 Å². The van der Waals surface area contributed by atoms with Crippen molar-refractivity contribution in [3.05, 3.63) is 29.8 Å². The second-order valence-electron chi connectivity index (χ2n) is 6.73. The molecular formula is C17H29N3O2. The predicted octanol–water partition coefficient (Wildman–Crippen LogP) is 2.76. The Morgan fingerprint density at radius 3 is 2.32 bits per heavy atom. The SMILES string of the molecule is CC(CNC(=O)OC(C)(C)C)NCc1ccc(N(C)C)cc1. The van der Waals surface area contributed by atoms with Gasteiger partial charge in [-0.2, -0.15) is 0 Å². The summed E-state index contributed by atoms with van der Waals surface area (Å²) in [5.74, 6) is 0. The van der Waals surface area contributed by atoms with Crippen molar-refractivity contribution in [1.82, 2.24) is 10.6 Å². The first kappa shape index (κ1) is 18.3. The third-order valence-corrected chi connectivity index (χ3v) is 3.06. The third kappa shape index (κ3) is 7.31. The minimum absolute atomic E-state index is 0.168. The summed E-state index contributed by atoms with van der Waals surface area (Å²) in [7, 11) is 4.05. The van der Waals surface area contributed by atoms with Gasteiger partial charge in [0.15, 0.2) is 0 Å². The molecule has 0 aliphatic carbocycles. The molecule has 5 heteroatoms. The third-order valence-electron chi connectivity index (χ3n) is 3.06. The van der Waals surface area contributed by atoms with Crippen LogP contribution in [0.25, 0.3) is 0 Å². The van der Waals surface area contributed by atoms with Crippen molar-refractivity contribution >= 4 is 11.8 Å². The van der Waals surface area contributed by atoms with Crippen LogP contribution in [0.5, 0.6) is 0 Å². The van der Waals surface area contributed by atoms with E-state index >= 15 is 0 Å². The fourth-order valence-corrected chi connectivity index (χ4v) is 1.83. The zero-order valence-electron chi connectivity index (χ0n) is 14.6. The van der Waals surface area contributed by atoms with Gasteiger partial charge in [-0.05, 0) is 45.4 Å². The van der Waals surface area contributed by atoms with E-state index in [1.165, 1.54) is 11.3 Å². The Kier molecular flexibility index (Phi) is 6.68. The first-order chi connectivity index (χ1) is 10.2. The lowest BCUT2D eigenvalue weighted by Gasteiger charge is -2.21. The molecule has 0 aliphatic heterocycles. The number of ether oxygens (including phenoxy) is 1. The summed E-state index contributed by atoms with van der Waals surface area (Å²) in [4.78, 5) is 13.6. The largest absolute Gasteiger partial charge is 0.444 e. The molecule has 1 amide bonds. The van der Waals surface area contributed by atoms with E-state index in [9.17, 15) is 4.79 Å². The molecule has 1 unspecified atom stereocenters. The molecule has 0 bridgehead atoms. The van der Waals surface area contributed by atoms with Crippen LogP contribution in [0.2, 0.25) is 0 Å². The molecule has 1 rings (SSSR count). The number of nitrogens with zero attached hydrogens (tertiary/aromatic N) is 1. The molecule has 0 saturated carbocycles. The molecule has 124 valence electrons. The van der Waals surface area contributed by atoms with Crippen LogP contribution in [0.3, 0.4) is 0 Å². The first-order valence-corrected chi connectivity index (χ1v) is 7.64. The smallest absolute Gasteiger partial charge is 0.407 e. The van der Waals surface area contributed by atoms with Gasteiger partial charge < -0.3 is 20.3 Å². The van der Waals surface area contributed by atoms with Crippen LogP contribution in [0.1, 0.15) is 33.3 Å². The zero-order valence-corrected chi connectivity index (χ0v) is 14.6. The van der Waals surface area contributed by atoms with Crippen molar-refractivity contribution in [3.8, 4) is 0 Å². The Balaban J connectivity index is 2.31. The van der Waals surface area contributed by atoms with Crippen LogP contribution in [0, 0.1) is 0 Å². The maximum atomic E-state index is 11.6. The number of hydrogen-bond donors (Lipinski definition) is 2. The Bertz CT molecular complexity index is 464. The summed E-state index contributed by atoms with van der Waals surface area (Å²) >= 11 is 0. The standard InChI is InChI=1S/C17H29N3O2/c1-13(11-19-16(21)22-17(2,3)4)18-12-14-7-9-15(10-8-14)20(5)6/h7-10,13,18H,11-12H2,1-6H3,(H,19,21). The molecule has 0 heterocycles. The number of alkyl carbamates (subject to hydrolysis) is 1.